The molecule has 0 aliphatic rings. The fourth-order valence-corrected chi connectivity index (χ4v) is 4.18. The van der Waals surface area contributed by atoms with Crippen LogP contribution in [0.1, 0.15) is 13.3 Å². The van der Waals surface area contributed by atoms with E-state index in [2.05, 4.69) is 0 Å². The van der Waals surface area contributed by atoms with Crippen molar-refractivity contribution >= 4 is 29.3 Å². The minimum Gasteiger partial charge on any atom is -0.388 e. The van der Waals surface area contributed by atoms with Crippen molar-refractivity contribution in [1.82, 2.24) is 0 Å². The zero-order chi connectivity index (χ0) is 15.8. The van der Waals surface area contributed by atoms with Gasteiger partial charge in [-0.1, -0.05) is 36.4 Å². The van der Waals surface area contributed by atoms with Gasteiger partial charge in [-0.05, 0) is 31.2 Å². The van der Waals surface area contributed by atoms with Crippen molar-refractivity contribution in [3.63, 3.8) is 0 Å². The van der Waals surface area contributed by atoms with Gasteiger partial charge in [0, 0.05) is 27.7 Å². The number of ketones is 1. The average Bonchev–Trinajstić information content (AvgIpc) is 2.53. The Morgan fingerprint density at radius 1 is 0.909 bits per heavy atom. The third kappa shape index (κ3) is 5.87. The molecule has 0 amide bonds. The van der Waals surface area contributed by atoms with Gasteiger partial charge in [-0.15, -0.1) is 23.5 Å². The molecule has 0 aromatic heterocycles. The number of thioether (sulfide) groups is 2. The van der Waals surface area contributed by atoms with Gasteiger partial charge in [0.05, 0.1) is 5.60 Å². The van der Waals surface area contributed by atoms with Crippen LogP contribution in [0, 0.1) is 0 Å². The molecule has 2 aromatic rings. The van der Waals surface area contributed by atoms with Gasteiger partial charge in [-0.2, -0.15) is 0 Å². The number of rotatable bonds is 8. The van der Waals surface area contributed by atoms with Gasteiger partial charge in [-0.3, -0.25) is 4.79 Å². The summed E-state index contributed by atoms with van der Waals surface area (Å²) in [5.74, 6) is 1.04. The summed E-state index contributed by atoms with van der Waals surface area (Å²) in [5, 5.41) is 10.8. The van der Waals surface area contributed by atoms with Crippen LogP contribution in [0.2, 0.25) is 0 Å². The normalized spacial score (nSPS) is 11.4. The van der Waals surface area contributed by atoms with Gasteiger partial charge < -0.3 is 5.11 Å². The molecule has 0 aliphatic heterocycles. The molecule has 4 heteroatoms. The summed E-state index contributed by atoms with van der Waals surface area (Å²) < 4.78 is 0. The smallest absolute Gasteiger partial charge is 0.132 e. The van der Waals surface area contributed by atoms with Gasteiger partial charge in [0.25, 0.3) is 0 Å². The Morgan fingerprint density at radius 3 is 1.68 bits per heavy atom. The quantitative estimate of drug-likeness (QED) is 0.732. The Labute approximate surface area is 140 Å². The highest BCUT2D eigenvalue weighted by Crippen LogP contribution is 2.30. The fourth-order valence-electron chi connectivity index (χ4n) is 2.08. The Hall–Kier alpha value is -1.23. The molecular weight excluding hydrogens is 312 g/mol. The van der Waals surface area contributed by atoms with Gasteiger partial charge in [0.2, 0.25) is 0 Å². The summed E-state index contributed by atoms with van der Waals surface area (Å²) in [7, 11) is 0. The summed E-state index contributed by atoms with van der Waals surface area (Å²) in [6.45, 7) is 1.53. The maximum Gasteiger partial charge on any atom is 0.132 e. The topological polar surface area (TPSA) is 37.3 Å². The largest absolute Gasteiger partial charge is 0.388 e. The van der Waals surface area contributed by atoms with Crippen LogP contribution in [-0.2, 0) is 4.79 Å². The van der Waals surface area contributed by atoms with Gasteiger partial charge >= 0.3 is 0 Å². The van der Waals surface area contributed by atoms with Crippen molar-refractivity contribution in [3.05, 3.63) is 60.7 Å². The predicted molar refractivity (Wildman–Crippen MR) is 94.6 cm³/mol. The van der Waals surface area contributed by atoms with Crippen molar-refractivity contribution in [1.29, 1.82) is 0 Å². The Bertz CT molecular complexity index is 541. The minimum atomic E-state index is -0.993. The van der Waals surface area contributed by atoms with Crippen LogP contribution in [0.4, 0.5) is 0 Å². The van der Waals surface area contributed by atoms with E-state index in [1.165, 1.54) is 6.92 Å². The first-order valence-corrected chi connectivity index (χ1v) is 9.12. The number of Topliss-reactive ketones (excluding diaryl/α,β-unsaturated/α-hetero) is 1. The zero-order valence-electron chi connectivity index (χ0n) is 12.6. The lowest BCUT2D eigenvalue weighted by Crippen LogP contribution is -2.37. The van der Waals surface area contributed by atoms with Crippen LogP contribution in [0.25, 0.3) is 0 Å². The first-order chi connectivity index (χ1) is 10.6. The van der Waals surface area contributed by atoms with E-state index in [-0.39, 0.29) is 12.2 Å². The van der Waals surface area contributed by atoms with Gasteiger partial charge in [-0.25, -0.2) is 0 Å². The average molecular weight is 332 g/mol. The van der Waals surface area contributed by atoms with Crippen LogP contribution < -0.4 is 0 Å². The third-order valence-corrected chi connectivity index (χ3v) is 5.65. The van der Waals surface area contributed by atoms with E-state index in [1.54, 1.807) is 23.5 Å². The number of hydrogen-bond acceptors (Lipinski definition) is 4. The highest BCUT2D eigenvalue weighted by Gasteiger charge is 2.29. The lowest BCUT2D eigenvalue weighted by Gasteiger charge is -2.26. The summed E-state index contributed by atoms with van der Waals surface area (Å²) in [6, 6.07) is 19.9. The molecule has 2 aromatic carbocycles. The summed E-state index contributed by atoms with van der Waals surface area (Å²) in [6.07, 6.45) is 0.187. The molecule has 0 bridgehead atoms. The lowest BCUT2D eigenvalue weighted by atomic mass is 10.0. The van der Waals surface area contributed by atoms with E-state index >= 15 is 0 Å². The number of carbonyl (C=O) groups is 1. The third-order valence-electron chi connectivity index (χ3n) is 3.08. The Balaban J connectivity index is 1.98. The highest BCUT2D eigenvalue weighted by molar-refractivity contribution is 8.00. The maximum absolute atomic E-state index is 11.5. The van der Waals surface area contributed by atoms with E-state index < -0.39 is 5.60 Å². The van der Waals surface area contributed by atoms with Crippen molar-refractivity contribution in [2.45, 2.75) is 28.7 Å². The van der Waals surface area contributed by atoms with E-state index in [9.17, 15) is 9.90 Å². The maximum atomic E-state index is 11.5. The van der Waals surface area contributed by atoms with Crippen LogP contribution in [0.15, 0.2) is 70.5 Å². The summed E-state index contributed by atoms with van der Waals surface area (Å²) in [4.78, 5) is 13.7. The molecule has 116 valence electrons. The minimum absolute atomic E-state index is 0.0184. The van der Waals surface area contributed by atoms with Crippen LogP contribution in [0.3, 0.4) is 0 Å². The number of benzene rings is 2. The predicted octanol–water partition coefficient (Wildman–Crippen LogP) is 4.28. The molecule has 2 nitrogen and oxygen atoms in total. The van der Waals surface area contributed by atoms with E-state index in [4.69, 9.17) is 0 Å². The van der Waals surface area contributed by atoms with Crippen LogP contribution >= 0.6 is 23.5 Å². The van der Waals surface area contributed by atoms with Gasteiger partial charge in [0.1, 0.15) is 5.78 Å². The Kier molecular flexibility index (Phi) is 6.55. The van der Waals surface area contributed by atoms with Crippen molar-refractivity contribution in [2.75, 3.05) is 11.5 Å². The molecule has 0 heterocycles. The molecule has 0 saturated carbocycles. The molecule has 0 fully saturated rings. The molecule has 0 saturated heterocycles. The molecule has 2 rings (SSSR count). The number of aliphatic hydroxyl groups is 1. The summed E-state index contributed by atoms with van der Waals surface area (Å²) in [5.41, 5.74) is -0.993. The molecular formula is C18H20O2S2. The Morgan fingerprint density at radius 2 is 1.32 bits per heavy atom. The first kappa shape index (κ1) is 17.1. The second-order valence-corrected chi connectivity index (χ2v) is 7.40. The van der Waals surface area contributed by atoms with E-state index in [0.29, 0.717) is 11.5 Å². The molecule has 1 N–H and O–H groups in total. The molecule has 0 radical (unpaired) electrons. The molecule has 22 heavy (non-hydrogen) atoms. The number of hydrogen-bond donors (Lipinski definition) is 1. The van der Waals surface area contributed by atoms with Crippen LogP contribution in [-0.4, -0.2) is 28.0 Å². The van der Waals surface area contributed by atoms with Gasteiger partial charge in [0.15, 0.2) is 0 Å². The number of carbonyl (C=O) groups excluding carboxylic acids is 1. The van der Waals surface area contributed by atoms with Crippen molar-refractivity contribution < 1.29 is 9.90 Å². The molecule has 0 atom stereocenters. The second-order valence-electron chi connectivity index (χ2n) is 5.31. The van der Waals surface area contributed by atoms with Crippen LogP contribution in [0.5, 0.6) is 0 Å². The molecule has 0 unspecified atom stereocenters. The zero-order valence-corrected chi connectivity index (χ0v) is 14.2. The highest BCUT2D eigenvalue weighted by atomic mass is 32.2. The molecule has 0 aliphatic carbocycles. The van der Waals surface area contributed by atoms with Crippen molar-refractivity contribution in [3.8, 4) is 0 Å². The standard InChI is InChI=1S/C18H20O2S2/c1-15(19)12-18(20,13-21-16-8-4-2-5-9-16)14-22-17-10-6-3-7-11-17/h2-11,20H,12-14H2,1H3. The first-order valence-electron chi connectivity index (χ1n) is 7.15. The summed E-state index contributed by atoms with van der Waals surface area (Å²) >= 11 is 3.18. The monoisotopic (exact) mass is 332 g/mol. The second kappa shape index (κ2) is 8.42. The van der Waals surface area contributed by atoms with E-state index in [1.807, 2.05) is 60.7 Å². The fraction of sp³-hybridized carbons (Fsp3) is 0.278. The SMILES string of the molecule is CC(=O)CC(O)(CSc1ccccc1)CSc1ccccc1. The molecule has 0 spiro atoms. The van der Waals surface area contributed by atoms with E-state index in [0.717, 1.165) is 9.79 Å². The van der Waals surface area contributed by atoms with Crippen molar-refractivity contribution in [2.24, 2.45) is 0 Å². The lowest BCUT2D eigenvalue weighted by molar-refractivity contribution is -0.120.